The summed E-state index contributed by atoms with van der Waals surface area (Å²) in [5, 5.41) is 14.3. The first-order chi connectivity index (χ1) is 18.7. The van der Waals surface area contributed by atoms with Gasteiger partial charge in [0.25, 0.3) is 0 Å². The van der Waals surface area contributed by atoms with Crippen LogP contribution in [0.1, 0.15) is 11.3 Å². The number of thiazole rings is 1. The molecule has 0 aliphatic rings. The Labute approximate surface area is 230 Å². The fraction of sp³-hybridized carbons (Fsp3) is 0.0968. The Kier molecular flexibility index (Phi) is 6.86. The molecular weight excluding hydrogens is 507 g/mol. The molecule has 7 heteroatoms. The summed E-state index contributed by atoms with van der Waals surface area (Å²) in [5.41, 5.74) is 7.36. The van der Waals surface area contributed by atoms with Crippen LogP contribution in [0.5, 0.6) is 0 Å². The van der Waals surface area contributed by atoms with Crippen LogP contribution < -0.4 is 0 Å². The molecule has 0 saturated carbocycles. The van der Waals surface area contributed by atoms with E-state index < -0.39 is 0 Å². The molecule has 0 radical (unpaired) electrons. The zero-order valence-corrected chi connectivity index (χ0v) is 22.5. The van der Waals surface area contributed by atoms with Gasteiger partial charge in [0.05, 0.1) is 16.9 Å². The van der Waals surface area contributed by atoms with Crippen LogP contribution >= 0.6 is 23.1 Å². The maximum Gasteiger partial charge on any atom is 0.192 e. The van der Waals surface area contributed by atoms with Crippen molar-refractivity contribution >= 4 is 34.0 Å². The van der Waals surface area contributed by atoms with E-state index in [0.29, 0.717) is 12.3 Å². The number of rotatable bonds is 8. The van der Waals surface area contributed by atoms with E-state index in [-0.39, 0.29) is 0 Å². The summed E-state index contributed by atoms with van der Waals surface area (Å²) in [7, 11) is 0. The number of para-hydroxylation sites is 1. The van der Waals surface area contributed by atoms with E-state index in [0.717, 1.165) is 49.4 Å². The molecular formula is C31H25N5S2. The van der Waals surface area contributed by atoms with Gasteiger partial charge in [-0.15, -0.1) is 28.1 Å². The number of fused-ring (bicyclic) bond motifs is 1. The topological polar surface area (TPSA) is 56.5 Å². The van der Waals surface area contributed by atoms with Crippen LogP contribution in [-0.4, -0.2) is 24.7 Å². The molecule has 6 aromatic rings. The molecule has 0 spiro atoms. The summed E-state index contributed by atoms with van der Waals surface area (Å²) in [6, 6.07) is 28.9. The molecule has 0 atom stereocenters. The Morgan fingerprint density at radius 2 is 1.68 bits per heavy atom. The second kappa shape index (κ2) is 10.7. The fourth-order valence-electron chi connectivity index (χ4n) is 4.45. The molecule has 0 N–H and O–H groups in total. The number of allylic oxidation sites excluding steroid dienone is 1. The number of hydrogen-bond acceptors (Lipinski definition) is 6. The van der Waals surface area contributed by atoms with Gasteiger partial charge in [-0.3, -0.25) is 4.57 Å². The predicted molar refractivity (Wildman–Crippen MR) is 158 cm³/mol. The molecule has 6 rings (SSSR count). The number of pyridine rings is 1. The summed E-state index contributed by atoms with van der Waals surface area (Å²) in [6.07, 6.45) is 1.89. The third-order valence-electron chi connectivity index (χ3n) is 6.33. The zero-order valence-electron chi connectivity index (χ0n) is 20.9. The van der Waals surface area contributed by atoms with E-state index in [1.165, 1.54) is 11.1 Å². The third kappa shape index (κ3) is 4.78. The monoisotopic (exact) mass is 531 g/mol. The van der Waals surface area contributed by atoms with Gasteiger partial charge in [-0.25, -0.2) is 9.97 Å². The van der Waals surface area contributed by atoms with Crippen LogP contribution in [0.15, 0.2) is 108 Å². The lowest BCUT2D eigenvalue weighted by Gasteiger charge is -2.12. The van der Waals surface area contributed by atoms with Gasteiger partial charge in [0.15, 0.2) is 11.0 Å². The van der Waals surface area contributed by atoms with Crippen molar-refractivity contribution in [2.24, 2.45) is 0 Å². The lowest BCUT2D eigenvalue weighted by atomic mass is 10.0. The molecule has 3 aromatic heterocycles. The lowest BCUT2D eigenvalue weighted by Crippen LogP contribution is -2.02. The van der Waals surface area contributed by atoms with E-state index in [4.69, 9.17) is 9.97 Å². The Morgan fingerprint density at radius 3 is 2.53 bits per heavy atom. The summed E-state index contributed by atoms with van der Waals surface area (Å²) in [4.78, 5) is 9.83. The lowest BCUT2D eigenvalue weighted by molar-refractivity contribution is 0.731. The van der Waals surface area contributed by atoms with Crippen LogP contribution in [0.25, 0.3) is 44.1 Å². The van der Waals surface area contributed by atoms with Crippen LogP contribution in [0.3, 0.4) is 0 Å². The number of thioether (sulfide) groups is 1. The van der Waals surface area contributed by atoms with Crippen molar-refractivity contribution in [1.29, 1.82) is 0 Å². The van der Waals surface area contributed by atoms with E-state index >= 15 is 0 Å². The highest BCUT2D eigenvalue weighted by atomic mass is 32.2. The highest BCUT2D eigenvalue weighted by Crippen LogP contribution is 2.34. The average molecular weight is 532 g/mol. The Balaban J connectivity index is 1.35. The van der Waals surface area contributed by atoms with Crippen molar-refractivity contribution in [3.63, 3.8) is 0 Å². The maximum absolute atomic E-state index is 4.93. The van der Waals surface area contributed by atoms with Crippen molar-refractivity contribution in [3.05, 3.63) is 114 Å². The first kappa shape index (κ1) is 24.3. The van der Waals surface area contributed by atoms with E-state index in [2.05, 4.69) is 82.2 Å². The van der Waals surface area contributed by atoms with Crippen LogP contribution in [0, 0.1) is 6.92 Å². The Morgan fingerprint density at radius 1 is 0.895 bits per heavy atom. The molecule has 186 valence electrons. The van der Waals surface area contributed by atoms with Crippen LogP contribution in [-0.2, 0) is 12.3 Å². The predicted octanol–water partition coefficient (Wildman–Crippen LogP) is 8.07. The van der Waals surface area contributed by atoms with Gasteiger partial charge in [0.2, 0.25) is 0 Å². The highest BCUT2D eigenvalue weighted by molar-refractivity contribution is 7.98. The number of aryl methyl sites for hydroxylation is 1. The molecule has 0 aliphatic heterocycles. The minimum atomic E-state index is 0.605. The van der Waals surface area contributed by atoms with Crippen molar-refractivity contribution < 1.29 is 0 Å². The summed E-state index contributed by atoms with van der Waals surface area (Å²) < 4.78 is 2.13. The van der Waals surface area contributed by atoms with Gasteiger partial charge in [-0.05, 0) is 24.6 Å². The summed E-state index contributed by atoms with van der Waals surface area (Å²) in [6.45, 7) is 6.72. The first-order valence-electron chi connectivity index (χ1n) is 12.3. The first-order valence-corrected chi connectivity index (χ1v) is 14.2. The fourth-order valence-corrected chi connectivity index (χ4v) is 6.31. The zero-order chi connectivity index (χ0) is 25.9. The van der Waals surface area contributed by atoms with Gasteiger partial charge >= 0.3 is 0 Å². The van der Waals surface area contributed by atoms with Gasteiger partial charge in [-0.2, -0.15) is 0 Å². The maximum atomic E-state index is 4.93. The molecule has 0 aliphatic carbocycles. The normalized spacial score (nSPS) is 11.2. The largest absolute Gasteiger partial charge is 0.298 e. The van der Waals surface area contributed by atoms with Crippen molar-refractivity contribution in [2.75, 3.05) is 0 Å². The number of aromatic nitrogens is 5. The van der Waals surface area contributed by atoms with Gasteiger partial charge in [-0.1, -0.05) is 90.6 Å². The molecule has 0 unspecified atom stereocenters. The summed E-state index contributed by atoms with van der Waals surface area (Å²) in [5.74, 6) is 1.52. The minimum Gasteiger partial charge on any atom is -0.298 e. The SMILES string of the molecule is C=CCn1c(SCc2csc(-c3ccccc3C)n2)nnc1-c1cc(-c2ccccc2)nc2ccccc12. The molecule has 3 aromatic carbocycles. The average Bonchev–Trinajstić information content (AvgIpc) is 3.59. The number of nitrogens with zero attached hydrogens (tertiary/aromatic N) is 5. The van der Waals surface area contributed by atoms with E-state index in [1.54, 1.807) is 23.1 Å². The molecule has 0 bridgehead atoms. The number of hydrogen-bond donors (Lipinski definition) is 0. The van der Waals surface area contributed by atoms with Crippen LogP contribution in [0.4, 0.5) is 0 Å². The number of benzene rings is 3. The molecule has 5 nitrogen and oxygen atoms in total. The third-order valence-corrected chi connectivity index (χ3v) is 8.26. The molecule has 0 saturated heterocycles. The Hall–Kier alpha value is -4.07. The summed E-state index contributed by atoms with van der Waals surface area (Å²) >= 11 is 3.32. The second-order valence-electron chi connectivity index (χ2n) is 8.89. The highest BCUT2D eigenvalue weighted by Gasteiger charge is 2.18. The van der Waals surface area contributed by atoms with Gasteiger partial charge < -0.3 is 0 Å². The van der Waals surface area contributed by atoms with E-state index in [9.17, 15) is 0 Å². The van der Waals surface area contributed by atoms with Crippen molar-refractivity contribution in [1.82, 2.24) is 24.7 Å². The second-order valence-corrected chi connectivity index (χ2v) is 10.7. The van der Waals surface area contributed by atoms with Gasteiger partial charge in [0, 0.05) is 39.8 Å². The van der Waals surface area contributed by atoms with Crippen molar-refractivity contribution in [3.8, 4) is 33.2 Å². The smallest absolute Gasteiger partial charge is 0.192 e. The standard InChI is InChI=1S/C31H25N5S2/c1-3-17-36-29(26-18-28(22-12-5-4-6-13-22)33-27-16-10-9-15-25(26)27)34-35-31(36)38-20-23-19-37-30(32-23)24-14-8-7-11-21(24)2/h3-16,18-19H,1,17,20H2,2H3. The van der Waals surface area contributed by atoms with Gasteiger partial charge in [0.1, 0.15) is 5.01 Å². The molecule has 0 fully saturated rings. The Bertz CT molecular complexity index is 1740. The molecule has 38 heavy (non-hydrogen) atoms. The van der Waals surface area contributed by atoms with Crippen molar-refractivity contribution in [2.45, 2.75) is 24.4 Å². The van der Waals surface area contributed by atoms with Crippen LogP contribution in [0.2, 0.25) is 0 Å². The minimum absolute atomic E-state index is 0.605. The van der Waals surface area contributed by atoms with E-state index in [1.807, 2.05) is 42.5 Å². The molecule has 3 heterocycles. The molecule has 0 amide bonds. The quantitative estimate of drug-likeness (QED) is 0.147.